The van der Waals surface area contributed by atoms with Crippen LogP contribution in [0.1, 0.15) is 35.0 Å². The lowest BCUT2D eigenvalue weighted by atomic mass is 10.2. The molecule has 0 radical (unpaired) electrons. The van der Waals surface area contributed by atoms with E-state index in [-0.39, 0.29) is 11.8 Å². The van der Waals surface area contributed by atoms with Gasteiger partial charge in [0.05, 0.1) is 6.04 Å². The van der Waals surface area contributed by atoms with Crippen LogP contribution in [0.15, 0.2) is 28.8 Å². The number of hydrogen-bond donors (Lipinski definition) is 2. The predicted octanol–water partition coefficient (Wildman–Crippen LogP) is 1.60. The Morgan fingerprint density at radius 3 is 2.89 bits per heavy atom. The van der Waals surface area contributed by atoms with Crippen molar-refractivity contribution in [2.24, 2.45) is 7.05 Å². The second-order valence-corrected chi connectivity index (χ2v) is 4.38. The molecule has 0 aliphatic rings. The fourth-order valence-corrected chi connectivity index (χ4v) is 1.86. The van der Waals surface area contributed by atoms with E-state index in [2.05, 4.69) is 10.4 Å². The Morgan fingerprint density at radius 2 is 2.32 bits per heavy atom. The highest BCUT2D eigenvalue weighted by Crippen LogP contribution is 2.16. The standard InChI is InChI=1S/C13H17N3O3/c1-9(11-3-4-12(19-11)13(17)18)14-7-5-10-6-8-15-16(10)2/h3-4,6,8-9,14H,5,7H2,1-2H3,(H,17,18). The molecule has 0 fully saturated rings. The minimum Gasteiger partial charge on any atom is -0.475 e. The van der Waals surface area contributed by atoms with Crippen LogP contribution in [0.4, 0.5) is 0 Å². The summed E-state index contributed by atoms with van der Waals surface area (Å²) in [5, 5.41) is 16.2. The lowest BCUT2D eigenvalue weighted by Gasteiger charge is -2.11. The normalized spacial score (nSPS) is 12.5. The lowest BCUT2D eigenvalue weighted by Crippen LogP contribution is -2.21. The van der Waals surface area contributed by atoms with Crippen molar-refractivity contribution in [3.63, 3.8) is 0 Å². The first kappa shape index (κ1) is 13.4. The molecule has 6 nitrogen and oxygen atoms in total. The molecule has 2 heterocycles. The maximum Gasteiger partial charge on any atom is 0.371 e. The number of aromatic carboxylic acids is 1. The van der Waals surface area contributed by atoms with Gasteiger partial charge in [-0.25, -0.2) is 4.79 Å². The highest BCUT2D eigenvalue weighted by atomic mass is 16.4. The zero-order valence-electron chi connectivity index (χ0n) is 11.0. The van der Waals surface area contributed by atoms with E-state index in [0.29, 0.717) is 5.76 Å². The average molecular weight is 263 g/mol. The Kier molecular flexibility index (Phi) is 4.01. The number of carboxylic acids is 1. The zero-order valence-corrected chi connectivity index (χ0v) is 11.0. The number of nitrogens with one attached hydrogen (secondary N) is 1. The first-order chi connectivity index (χ1) is 9.08. The first-order valence-electron chi connectivity index (χ1n) is 6.11. The fourth-order valence-electron chi connectivity index (χ4n) is 1.86. The lowest BCUT2D eigenvalue weighted by molar-refractivity contribution is 0.0659. The minimum atomic E-state index is -1.05. The molecule has 0 spiro atoms. The Morgan fingerprint density at radius 1 is 1.53 bits per heavy atom. The molecule has 2 aromatic rings. The van der Waals surface area contributed by atoms with Crippen molar-refractivity contribution >= 4 is 5.97 Å². The van der Waals surface area contributed by atoms with Gasteiger partial charge in [-0.2, -0.15) is 5.10 Å². The van der Waals surface area contributed by atoms with Gasteiger partial charge in [-0.3, -0.25) is 4.68 Å². The summed E-state index contributed by atoms with van der Waals surface area (Å²) in [7, 11) is 1.91. The number of aryl methyl sites for hydroxylation is 1. The molecule has 0 amide bonds. The van der Waals surface area contributed by atoms with E-state index in [1.807, 2.05) is 24.7 Å². The molecule has 0 aliphatic carbocycles. The molecule has 2 rings (SSSR count). The molecular weight excluding hydrogens is 246 g/mol. The first-order valence-corrected chi connectivity index (χ1v) is 6.11. The minimum absolute atomic E-state index is 0.0265. The van der Waals surface area contributed by atoms with Crippen molar-refractivity contribution in [3.8, 4) is 0 Å². The van der Waals surface area contributed by atoms with Gasteiger partial charge in [0.25, 0.3) is 0 Å². The Labute approximate surface area is 111 Å². The highest BCUT2D eigenvalue weighted by Gasteiger charge is 2.13. The van der Waals surface area contributed by atoms with Crippen LogP contribution in [0.25, 0.3) is 0 Å². The van der Waals surface area contributed by atoms with Crippen LogP contribution in [0.3, 0.4) is 0 Å². The van der Waals surface area contributed by atoms with E-state index in [4.69, 9.17) is 9.52 Å². The summed E-state index contributed by atoms with van der Waals surface area (Å²) in [5.74, 6) is -0.453. The summed E-state index contributed by atoms with van der Waals surface area (Å²) in [6.07, 6.45) is 2.62. The molecule has 0 saturated carbocycles. The van der Waals surface area contributed by atoms with Gasteiger partial charge in [0, 0.05) is 31.9 Å². The van der Waals surface area contributed by atoms with Crippen molar-refractivity contribution in [1.29, 1.82) is 0 Å². The number of hydrogen-bond acceptors (Lipinski definition) is 4. The highest BCUT2D eigenvalue weighted by molar-refractivity contribution is 5.84. The van der Waals surface area contributed by atoms with Crippen LogP contribution in [0.2, 0.25) is 0 Å². The third-order valence-electron chi connectivity index (χ3n) is 3.02. The molecule has 102 valence electrons. The van der Waals surface area contributed by atoms with E-state index in [1.165, 1.54) is 6.07 Å². The van der Waals surface area contributed by atoms with Gasteiger partial charge in [-0.1, -0.05) is 0 Å². The Hall–Kier alpha value is -2.08. The second kappa shape index (κ2) is 5.71. The van der Waals surface area contributed by atoms with E-state index in [1.54, 1.807) is 12.3 Å². The third kappa shape index (κ3) is 3.23. The fraction of sp³-hybridized carbons (Fsp3) is 0.385. The van der Waals surface area contributed by atoms with Gasteiger partial charge in [0.1, 0.15) is 5.76 Å². The van der Waals surface area contributed by atoms with Crippen LogP contribution in [0.5, 0.6) is 0 Å². The number of aromatic nitrogens is 2. The summed E-state index contributed by atoms with van der Waals surface area (Å²) in [4.78, 5) is 10.7. The van der Waals surface area contributed by atoms with Crippen LogP contribution in [-0.4, -0.2) is 27.4 Å². The maximum atomic E-state index is 10.7. The number of furan rings is 1. The van der Waals surface area contributed by atoms with E-state index < -0.39 is 5.97 Å². The summed E-state index contributed by atoms with van der Waals surface area (Å²) >= 11 is 0. The molecule has 19 heavy (non-hydrogen) atoms. The molecule has 1 atom stereocenters. The largest absolute Gasteiger partial charge is 0.475 e. The molecule has 0 saturated heterocycles. The summed E-state index contributed by atoms with van der Waals surface area (Å²) in [6.45, 7) is 2.71. The van der Waals surface area contributed by atoms with Crippen LogP contribution in [-0.2, 0) is 13.5 Å². The van der Waals surface area contributed by atoms with Crippen LogP contribution in [0, 0.1) is 0 Å². The van der Waals surface area contributed by atoms with Crippen LogP contribution >= 0.6 is 0 Å². The van der Waals surface area contributed by atoms with E-state index in [0.717, 1.165) is 18.7 Å². The Bertz CT molecular complexity index is 559. The smallest absolute Gasteiger partial charge is 0.371 e. The van der Waals surface area contributed by atoms with Crippen molar-refractivity contribution in [2.75, 3.05) is 6.54 Å². The van der Waals surface area contributed by atoms with Gasteiger partial charge < -0.3 is 14.8 Å². The number of carbonyl (C=O) groups is 1. The number of carboxylic acid groups (broad SMARTS) is 1. The maximum absolute atomic E-state index is 10.7. The topological polar surface area (TPSA) is 80.3 Å². The molecule has 2 aromatic heterocycles. The summed E-state index contributed by atoms with van der Waals surface area (Å²) in [5.41, 5.74) is 1.14. The van der Waals surface area contributed by atoms with Gasteiger partial charge in [0.15, 0.2) is 0 Å². The molecule has 6 heteroatoms. The number of nitrogens with zero attached hydrogens (tertiary/aromatic N) is 2. The van der Waals surface area contributed by atoms with Gasteiger partial charge in [-0.05, 0) is 25.1 Å². The SMILES string of the molecule is CC(NCCc1ccnn1C)c1ccc(C(=O)O)o1. The number of rotatable bonds is 6. The van der Waals surface area contributed by atoms with E-state index in [9.17, 15) is 4.79 Å². The summed E-state index contributed by atoms with van der Waals surface area (Å²) < 4.78 is 7.07. The predicted molar refractivity (Wildman–Crippen MR) is 69.0 cm³/mol. The van der Waals surface area contributed by atoms with E-state index >= 15 is 0 Å². The molecule has 0 aromatic carbocycles. The molecule has 2 N–H and O–H groups in total. The molecule has 0 bridgehead atoms. The molecule has 0 aliphatic heterocycles. The van der Waals surface area contributed by atoms with Gasteiger partial charge in [0.2, 0.25) is 5.76 Å². The quantitative estimate of drug-likeness (QED) is 0.827. The zero-order chi connectivity index (χ0) is 13.8. The van der Waals surface area contributed by atoms with Crippen molar-refractivity contribution < 1.29 is 14.3 Å². The summed E-state index contributed by atoms with van der Waals surface area (Å²) in [6, 6.07) is 5.10. The van der Waals surface area contributed by atoms with Gasteiger partial charge in [-0.15, -0.1) is 0 Å². The Balaban J connectivity index is 1.85. The van der Waals surface area contributed by atoms with Crippen molar-refractivity contribution in [3.05, 3.63) is 41.6 Å². The average Bonchev–Trinajstić information content (AvgIpc) is 2.98. The molecular formula is C13H17N3O3. The van der Waals surface area contributed by atoms with Gasteiger partial charge >= 0.3 is 5.97 Å². The van der Waals surface area contributed by atoms with Crippen molar-refractivity contribution in [2.45, 2.75) is 19.4 Å². The second-order valence-electron chi connectivity index (χ2n) is 4.38. The van der Waals surface area contributed by atoms with Crippen molar-refractivity contribution in [1.82, 2.24) is 15.1 Å². The third-order valence-corrected chi connectivity index (χ3v) is 3.02. The monoisotopic (exact) mass is 263 g/mol. The van der Waals surface area contributed by atoms with Crippen LogP contribution < -0.4 is 5.32 Å². The molecule has 1 unspecified atom stereocenters.